The molecule has 3 rings (SSSR count). The first-order chi connectivity index (χ1) is 12.4. The molecule has 1 aliphatic rings. The average molecular weight is 377 g/mol. The van der Waals surface area contributed by atoms with Crippen LogP contribution < -0.4 is 4.74 Å². The first-order valence-electron chi connectivity index (χ1n) is 8.08. The lowest BCUT2D eigenvalue weighted by atomic mass is 10.3. The lowest BCUT2D eigenvalue weighted by molar-refractivity contribution is -0.385. The van der Waals surface area contributed by atoms with Crippen LogP contribution in [-0.2, 0) is 10.0 Å². The summed E-state index contributed by atoms with van der Waals surface area (Å²) >= 11 is 0. The minimum Gasteiger partial charge on any atom is -0.450 e. The van der Waals surface area contributed by atoms with E-state index < -0.39 is 14.9 Å². The fourth-order valence-corrected chi connectivity index (χ4v) is 4.12. The smallest absolute Gasteiger partial charge is 0.312 e. The second-order valence-electron chi connectivity index (χ2n) is 6.01. The molecule has 26 heavy (non-hydrogen) atoms. The van der Waals surface area contributed by atoms with Gasteiger partial charge in [0, 0.05) is 32.2 Å². The second kappa shape index (κ2) is 7.40. The van der Waals surface area contributed by atoms with Crippen molar-refractivity contribution in [1.29, 1.82) is 0 Å². The van der Waals surface area contributed by atoms with Gasteiger partial charge in [-0.3, -0.25) is 10.1 Å². The van der Waals surface area contributed by atoms with E-state index in [0.29, 0.717) is 31.9 Å². The molecule has 1 fully saturated rings. The van der Waals surface area contributed by atoms with E-state index in [0.717, 1.165) is 6.07 Å². The maximum atomic E-state index is 12.8. The normalized spacial score (nSPS) is 16.3. The van der Waals surface area contributed by atoms with E-state index in [1.165, 1.54) is 16.4 Å². The summed E-state index contributed by atoms with van der Waals surface area (Å²) in [6.45, 7) is 1.96. The zero-order valence-electron chi connectivity index (χ0n) is 14.2. The highest BCUT2D eigenvalue weighted by atomic mass is 32.2. The van der Waals surface area contributed by atoms with Crippen LogP contribution in [0.4, 0.5) is 5.69 Å². The number of nitro groups is 1. The Kier molecular flexibility index (Phi) is 5.21. The number of piperazine rings is 1. The number of sulfonamides is 1. The van der Waals surface area contributed by atoms with Crippen LogP contribution in [0.1, 0.15) is 0 Å². The minimum absolute atomic E-state index is 0.00136. The molecule has 9 heteroatoms. The number of ether oxygens (including phenoxy) is 1. The summed E-state index contributed by atoms with van der Waals surface area (Å²) in [5, 5.41) is 11.4. The lowest BCUT2D eigenvalue weighted by Gasteiger charge is -2.31. The van der Waals surface area contributed by atoms with E-state index in [1.54, 1.807) is 30.3 Å². The number of benzene rings is 2. The zero-order chi connectivity index (χ0) is 18.7. The lowest BCUT2D eigenvalue weighted by Crippen LogP contribution is -2.47. The van der Waals surface area contributed by atoms with Crippen molar-refractivity contribution in [3.63, 3.8) is 0 Å². The first kappa shape index (κ1) is 18.3. The van der Waals surface area contributed by atoms with Crippen molar-refractivity contribution in [1.82, 2.24) is 9.21 Å². The van der Waals surface area contributed by atoms with Crippen LogP contribution in [0.2, 0.25) is 0 Å². The van der Waals surface area contributed by atoms with Crippen LogP contribution in [0.5, 0.6) is 11.5 Å². The highest BCUT2D eigenvalue weighted by molar-refractivity contribution is 7.89. The fraction of sp³-hybridized carbons (Fsp3) is 0.294. The highest BCUT2D eigenvalue weighted by Crippen LogP contribution is 2.34. The van der Waals surface area contributed by atoms with Crippen molar-refractivity contribution in [2.45, 2.75) is 4.90 Å². The van der Waals surface area contributed by atoms with Crippen LogP contribution in [0.3, 0.4) is 0 Å². The largest absolute Gasteiger partial charge is 0.450 e. The maximum Gasteiger partial charge on any atom is 0.312 e. The Labute approximate surface area is 151 Å². The molecule has 0 spiro atoms. The first-order valence-corrected chi connectivity index (χ1v) is 9.52. The summed E-state index contributed by atoms with van der Waals surface area (Å²) in [5.41, 5.74) is -0.385. The average Bonchev–Trinajstić information content (AvgIpc) is 2.63. The molecule has 0 aliphatic carbocycles. The number of nitrogens with zero attached hydrogens (tertiary/aromatic N) is 3. The molecule has 2 aromatic rings. The van der Waals surface area contributed by atoms with E-state index in [1.807, 2.05) is 11.9 Å². The van der Waals surface area contributed by atoms with E-state index in [4.69, 9.17) is 4.74 Å². The zero-order valence-corrected chi connectivity index (χ0v) is 15.1. The van der Waals surface area contributed by atoms with Crippen LogP contribution >= 0.6 is 0 Å². The summed E-state index contributed by atoms with van der Waals surface area (Å²) < 4.78 is 32.5. The van der Waals surface area contributed by atoms with Gasteiger partial charge in [-0.25, -0.2) is 8.42 Å². The van der Waals surface area contributed by atoms with Gasteiger partial charge in [-0.2, -0.15) is 4.31 Å². The van der Waals surface area contributed by atoms with Crippen LogP contribution in [0.15, 0.2) is 53.4 Å². The SMILES string of the molecule is CN1CCN(S(=O)(=O)c2ccc(Oc3ccccc3)c([N+](=O)[O-])c2)CC1. The van der Waals surface area contributed by atoms with Crippen molar-refractivity contribution in [3.05, 3.63) is 58.6 Å². The third kappa shape index (κ3) is 3.85. The molecule has 0 N–H and O–H groups in total. The summed E-state index contributed by atoms with van der Waals surface area (Å²) in [6.07, 6.45) is 0. The Morgan fingerprint density at radius 2 is 1.69 bits per heavy atom. The van der Waals surface area contributed by atoms with E-state index >= 15 is 0 Å². The number of rotatable bonds is 5. The standard InChI is InChI=1S/C17H19N3O5S/c1-18-9-11-19(12-10-18)26(23,24)15-7-8-17(16(13-15)20(21)22)25-14-5-3-2-4-6-14/h2-8,13H,9-12H2,1H3. The topological polar surface area (TPSA) is 93.0 Å². The molecule has 1 aliphatic heterocycles. The molecule has 0 bridgehead atoms. The number of nitro benzene ring substituents is 1. The molecule has 0 radical (unpaired) electrons. The third-order valence-electron chi connectivity index (χ3n) is 4.20. The van der Waals surface area contributed by atoms with E-state index in [-0.39, 0.29) is 16.3 Å². The highest BCUT2D eigenvalue weighted by Gasteiger charge is 2.30. The number of hydrogen-bond donors (Lipinski definition) is 0. The monoisotopic (exact) mass is 377 g/mol. The van der Waals surface area contributed by atoms with Crippen molar-refractivity contribution >= 4 is 15.7 Å². The maximum absolute atomic E-state index is 12.8. The van der Waals surface area contributed by atoms with Gasteiger partial charge in [-0.1, -0.05) is 18.2 Å². The number of hydrogen-bond acceptors (Lipinski definition) is 6. The molecule has 1 heterocycles. The van der Waals surface area contributed by atoms with Crippen LogP contribution in [0.25, 0.3) is 0 Å². The quantitative estimate of drug-likeness (QED) is 0.586. The summed E-state index contributed by atoms with van der Waals surface area (Å²) in [6, 6.07) is 12.4. The Hall–Kier alpha value is -2.49. The third-order valence-corrected chi connectivity index (χ3v) is 6.09. The predicted molar refractivity (Wildman–Crippen MR) is 95.9 cm³/mol. The van der Waals surface area contributed by atoms with Gasteiger partial charge in [0.25, 0.3) is 0 Å². The number of para-hydroxylation sites is 1. The van der Waals surface area contributed by atoms with Gasteiger partial charge in [0.15, 0.2) is 0 Å². The van der Waals surface area contributed by atoms with Crippen LogP contribution in [-0.4, -0.2) is 55.8 Å². The molecule has 1 saturated heterocycles. The molecule has 0 amide bonds. The van der Waals surface area contributed by atoms with Gasteiger partial charge in [0.1, 0.15) is 5.75 Å². The molecule has 0 unspecified atom stereocenters. The minimum atomic E-state index is -3.78. The van der Waals surface area contributed by atoms with Gasteiger partial charge in [0.2, 0.25) is 15.8 Å². The molecular weight excluding hydrogens is 358 g/mol. The van der Waals surface area contributed by atoms with Crippen molar-refractivity contribution in [2.24, 2.45) is 0 Å². The van der Waals surface area contributed by atoms with Gasteiger partial charge in [0.05, 0.1) is 9.82 Å². The molecule has 2 aromatic carbocycles. The summed E-state index contributed by atoms with van der Waals surface area (Å²) in [4.78, 5) is 12.7. The van der Waals surface area contributed by atoms with Gasteiger partial charge in [-0.05, 0) is 31.3 Å². The molecule has 0 saturated carbocycles. The van der Waals surface area contributed by atoms with Crippen molar-refractivity contribution in [3.8, 4) is 11.5 Å². The van der Waals surface area contributed by atoms with E-state index in [9.17, 15) is 18.5 Å². The Morgan fingerprint density at radius 1 is 1.04 bits per heavy atom. The molecule has 138 valence electrons. The van der Waals surface area contributed by atoms with Gasteiger partial charge < -0.3 is 9.64 Å². The van der Waals surface area contributed by atoms with Crippen molar-refractivity contribution < 1.29 is 18.1 Å². The van der Waals surface area contributed by atoms with E-state index in [2.05, 4.69) is 0 Å². The molecule has 8 nitrogen and oxygen atoms in total. The number of likely N-dealkylation sites (N-methyl/N-ethyl adjacent to an activating group) is 1. The Balaban J connectivity index is 1.92. The molecular formula is C17H19N3O5S. The summed E-state index contributed by atoms with van der Waals surface area (Å²) in [5.74, 6) is 0.434. The summed E-state index contributed by atoms with van der Waals surface area (Å²) in [7, 11) is -1.86. The molecule has 0 atom stereocenters. The predicted octanol–water partition coefficient (Wildman–Crippen LogP) is 2.32. The van der Waals surface area contributed by atoms with Crippen LogP contribution in [0, 0.1) is 10.1 Å². The van der Waals surface area contributed by atoms with Gasteiger partial charge in [-0.15, -0.1) is 0 Å². The second-order valence-corrected chi connectivity index (χ2v) is 7.95. The van der Waals surface area contributed by atoms with Crippen molar-refractivity contribution in [2.75, 3.05) is 33.2 Å². The fourth-order valence-electron chi connectivity index (χ4n) is 2.68. The molecule has 0 aromatic heterocycles. The Bertz CT molecular complexity index is 894. The van der Waals surface area contributed by atoms with Gasteiger partial charge >= 0.3 is 5.69 Å². The Morgan fingerprint density at radius 3 is 2.31 bits per heavy atom.